The molecule has 0 saturated heterocycles. The molecule has 2 nitrogen and oxygen atoms in total. The number of benzene rings is 1. The van der Waals surface area contributed by atoms with Gasteiger partial charge in [-0.2, -0.15) is 13.2 Å². The molecule has 0 amide bonds. The normalized spacial score (nSPS) is 13.0. The Morgan fingerprint density at radius 1 is 1.10 bits per heavy atom. The summed E-state index contributed by atoms with van der Waals surface area (Å²) in [5, 5.41) is 3.38. The van der Waals surface area contributed by atoms with Crippen molar-refractivity contribution in [3.05, 3.63) is 35.4 Å². The average molecular weight is 302 g/mol. The van der Waals surface area contributed by atoms with Crippen LogP contribution in [0.1, 0.15) is 38.8 Å². The van der Waals surface area contributed by atoms with Gasteiger partial charge in [-0.15, -0.1) is 0 Å². The Hall–Kier alpha value is -1.07. The molecule has 0 aliphatic rings. The Labute approximate surface area is 125 Å². The summed E-state index contributed by atoms with van der Waals surface area (Å²) in [6.45, 7) is 8.54. The zero-order valence-corrected chi connectivity index (χ0v) is 13.2. The molecule has 0 spiro atoms. The van der Waals surface area contributed by atoms with E-state index >= 15 is 0 Å². The van der Waals surface area contributed by atoms with Gasteiger partial charge < -0.3 is 5.32 Å². The fraction of sp³-hybridized carbons (Fsp3) is 0.625. The van der Waals surface area contributed by atoms with Gasteiger partial charge in [-0.05, 0) is 38.4 Å². The van der Waals surface area contributed by atoms with Gasteiger partial charge in [-0.1, -0.05) is 31.2 Å². The summed E-state index contributed by atoms with van der Waals surface area (Å²) in [6, 6.07) is 7.73. The lowest BCUT2D eigenvalue weighted by Crippen LogP contribution is -2.35. The number of nitrogens with one attached hydrogen (secondary N) is 1. The van der Waals surface area contributed by atoms with Crippen LogP contribution in [0.25, 0.3) is 0 Å². The van der Waals surface area contributed by atoms with E-state index in [9.17, 15) is 13.2 Å². The molecule has 0 radical (unpaired) electrons. The van der Waals surface area contributed by atoms with Gasteiger partial charge in [0.1, 0.15) is 0 Å². The lowest BCUT2D eigenvalue weighted by Gasteiger charge is -2.23. The molecular formula is C16H25F3N2. The second-order valence-corrected chi connectivity index (χ2v) is 6.34. The maximum Gasteiger partial charge on any atom is 0.401 e. The highest BCUT2D eigenvalue weighted by molar-refractivity contribution is 5.23. The SMILES string of the molecule is CCN(Cc1cccc(CNC(C)(C)C)c1)CC(F)(F)F. The quantitative estimate of drug-likeness (QED) is 0.855. The molecule has 0 aromatic heterocycles. The second kappa shape index (κ2) is 7.27. The van der Waals surface area contributed by atoms with Crippen LogP contribution in [0.2, 0.25) is 0 Å². The maximum absolute atomic E-state index is 12.5. The van der Waals surface area contributed by atoms with Crippen LogP contribution in [-0.4, -0.2) is 29.7 Å². The second-order valence-electron chi connectivity index (χ2n) is 6.34. The summed E-state index contributed by atoms with van der Waals surface area (Å²) in [4.78, 5) is 1.40. The van der Waals surface area contributed by atoms with Crippen molar-refractivity contribution in [2.75, 3.05) is 13.1 Å². The first-order chi connectivity index (χ1) is 9.59. The molecule has 5 heteroatoms. The van der Waals surface area contributed by atoms with Crippen LogP contribution in [0, 0.1) is 0 Å². The average Bonchev–Trinajstić information content (AvgIpc) is 2.33. The first kappa shape index (κ1) is 18.0. The Bertz CT molecular complexity index is 436. The van der Waals surface area contributed by atoms with Crippen molar-refractivity contribution in [2.45, 2.75) is 52.5 Å². The Kier molecular flexibility index (Phi) is 6.23. The smallest absolute Gasteiger partial charge is 0.308 e. The number of rotatable bonds is 6. The summed E-state index contributed by atoms with van der Waals surface area (Å²) < 4.78 is 37.4. The lowest BCUT2D eigenvalue weighted by molar-refractivity contribution is -0.146. The van der Waals surface area contributed by atoms with Gasteiger partial charge >= 0.3 is 6.18 Å². The van der Waals surface area contributed by atoms with Gasteiger partial charge in [-0.25, -0.2) is 0 Å². The molecule has 0 bridgehead atoms. The van der Waals surface area contributed by atoms with Gasteiger partial charge in [-0.3, -0.25) is 4.90 Å². The largest absolute Gasteiger partial charge is 0.401 e. The number of nitrogens with zero attached hydrogens (tertiary/aromatic N) is 1. The third-order valence-corrected chi connectivity index (χ3v) is 3.07. The third kappa shape index (κ3) is 8.07. The molecule has 1 rings (SSSR count). The summed E-state index contributed by atoms with van der Waals surface area (Å²) >= 11 is 0. The van der Waals surface area contributed by atoms with Gasteiger partial charge in [0.2, 0.25) is 0 Å². The maximum atomic E-state index is 12.5. The van der Waals surface area contributed by atoms with Crippen molar-refractivity contribution in [1.82, 2.24) is 10.2 Å². The fourth-order valence-electron chi connectivity index (χ4n) is 2.00. The number of hydrogen-bond acceptors (Lipinski definition) is 2. The van der Waals surface area contributed by atoms with Crippen LogP contribution >= 0.6 is 0 Å². The fourth-order valence-corrected chi connectivity index (χ4v) is 2.00. The Balaban J connectivity index is 2.66. The molecule has 0 heterocycles. The molecule has 21 heavy (non-hydrogen) atoms. The number of hydrogen-bond donors (Lipinski definition) is 1. The van der Waals surface area contributed by atoms with Crippen LogP contribution < -0.4 is 5.32 Å². The van der Waals surface area contributed by atoms with E-state index in [4.69, 9.17) is 0 Å². The third-order valence-electron chi connectivity index (χ3n) is 3.07. The van der Waals surface area contributed by atoms with Crippen LogP contribution in [0.5, 0.6) is 0 Å². The summed E-state index contributed by atoms with van der Waals surface area (Å²) in [5.74, 6) is 0. The predicted octanol–water partition coefficient (Wildman–Crippen LogP) is 3.96. The zero-order chi connectivity index (χ0) is 16.1. The van der Waals surface area contributed by atoms with Crippen LogP contribution in [0.3, 0.4) is 0 Å². The minimum Gasteiger partial charge on any atom is -0.308 e. The molecule has 0 fully saturated rings. The highest BCUT2D eigenvalue weighted by atomic mass is 19.4. The molecule has 0 saturated carbocycles. The minimum atomic E-state index is -4.15. The predicted molar refractivity (Wildman–Crippen MR) is 80.0 cm³/mol. The summed E-state index contributed by atoms with van der Waals surface area (Å²) in [7, 11) is 0. The van der Waals surface area contributed by atoms with Crippen molar-refractivity contribution >= 4 is 0 Å². The van der Waals surface area contributed by atoms with E-state index in [-0.39, 0.29) is 5.54 Å². The highest BCUT2D eigenvalue weighted by Crippen LogP contribution is 2.18. The van der Waals surface area contributed by atoms with Crippen molar-refractivity contribution in [2.24, 2.45) is 0 Å². The lowest BCUT2D eigenvalue weighted by atomic mass is 10.1. The van der Waals surface area contributed by atoms with Crippen LogP contribution in [-0.2, 0) is 13.1 Å². The van der Waals surface area contributed by atoms with E-state index in [0.29, 0.717) is 19.6 Å². The molecule has 1 aromatic rings. The molecular weight excluding hydrogens is 277 g/mol. The van der Waals surface area contributed by atoms with E-state index in [1.54, 1.807) is 6.92 Å². The molecule has 0 unspecified atom stereocenters. The topological polar surface area (TPSA) is 15.3 Å². The van der Waals surface area contributed by atoms with Crippen molar-refractivity contribution in [1.29, 1.82) is 0 Å². The van der Waals surface area contributed by atoms with Gasteiger partial charge in [0.15, 0.2) is 0 Å². The van der Waals surface area contributed by atoms with E-state index < -0.39 is 12.7 Å². The van der Waals surface area contributed by atoms with Crippen molar-refractivity contribution < 1.29 is 13.2 Å². The molecule has 0 aliphatic carbocycles. The van der Waals surface area contributed by atoms with Crippen molar-refractivity contribution in [3.8, 4) is 0 Å². The Morgan fingerprint density at radius 3 is 2.24 bits per heavy atom. The van der Waals surface area contributed by atoms with Crippen molar-refractivity contribution in [3.63, 3.8) is 0 Å². The van der Waals surface area contributed by atoms with Gasteiger partial charge in [0, 0.05) is 18.6 Å². The van der Waals surface area contributed by atoms with E-state index in [0.717, 1.165) is 11.1 Å². The summed E-state index contributed by atoms with van der Waals surface area (Å²) in [6.07, 6.45) is -4.15. The monoisotopic (exact) mass is 302 g/mol. The van der Waals surface area contributed by atoms with Crippen LogP contribution in [0.15, 0.2) is 24.3 Å². The zero-order valence-electron chi connectivity index (χ0n) is 13.2. The minimum absolute atomic E-state index is 0.0156. The molecule has 0 atom stereocenters. The van der Waals surface area contributed by atoms with Crippen LogP contribution in [0.4, 0.5) is 13.2 Å². The molecule has 0 aliphatic heterocycles. The van der Waals surface area contributed by atoms with E-state index in [1.165, 1.54) is 4.90 Å². The van der Waals surface area contributed by atoms with Gasteiger partial charge in [0.25, 0.3) is 0 Å². The number of halogens is 3. The first-order valence-corrected chi connectivity index (χ1v) is 7.21. The number of alkyl halides is 3. The Morgan fingerprint density at radius 2 is 1.71 bits per heavy atom. The van der Waals surface area contributed by atoms with Gasteiger partial charge in [0.05, 0.1) is 6.54 Å². The van der Waals surface area contributed by atoms with E-state index in [2.05, 4.69) is 26.1 Å². The molecule has 1 aromatic carbocycles. The highest BCUT2D eigenvalue weighted by Gasteiger charge is 2.29. The molecule has 1 N–H and O–H groups in total. The standard InChI is InChI=1S/C16H25F3N2/c1-5-21(12-16(17,18)19)11-14-8-6-7-13(9-14)10-20-15(2,3)4/h6-9,20H,5,10-12H2,1-4H3. The summed E-state index contributed by atoms with van der Waals surface area (Å²) in [5.41, 5.74) is 2.02. The van der Waals surface area contributed by atoms with E-state index in [1.807, 2.05) is 24.3 Å². The molecule has 120 valence electrons. The first-order valence-electron chi connectivity index (χ1n) is 7.21.